The van der Waals surface area contributed by atoms with Gasteiger partial charge < -0.3 is 10.4 Å². The van der Waals surface area contributed by atoms with Crippen LogP contribution >= 0.6 is 22.9 Å². The fourth-order valence-electron chi connectivity index (χ4n) is 4.82. The summed E-state index contributed by atoms with van der Waals surface area (Å²) in [6.07, 6.45) is 3.77. The van der Waals surface area contributed by atoms with Gasteiger partial charge in [0, 0.05) is 17.0 Å². The summed E-state index contributed by atoms with van der Waals surface area (Å²) in [5.74, 6) is -1.48. The molecule has 1 aliphatic rings. The van der Waals surface area contributed by atoms with Gasteiger partial charge in [0.15, 0.2) is 10.9 Å². The molecule has 1 heterocycles. The number of benzene rings is 3. The van der Waals surface area contributed by atoms with Crippen molar-refractivity contribution in [1.82, 2.24) is 4.98 Å². The summed E-state index contributed by atoms with van der Waals surface area (Å²) >= 11 is 7.43. The second-order valence-corrected chi connectivity index (χ2v) is 10.7. The standard InChI is InChI=1S/C28H24ClFN2O3S/c29-20-9-11-23-25(15-20)36-27(32-23)31-22-10-8-19(14-21(22)30)17-4-6-18(7-5-17)24(33)16-28(26(34)35)12-2-1-3-13-28/h4-11,14-15H,1-3,12-13,16H2,(H,31,32)(H,34,35). The Morgan fingerprint density at radius 1 is 1.00 bits per heavy atom. The lowest BCUT2D eigenvalue weighted by molar-refractivity contribution is -0.150. The maximum atomic E-state index is 14.9. The van der Waals surface area contributed by atoms with E-state index in [0.29, 0.717) is 39.8 Å². The summed E-state index contributed by atoms with van der Waals surface area (Å²) in [6, 6.07) is 17.2. The molecule has 0 bridgehead atoms. The van der Waals surface area contributed by atoms with Gasteiger partial charge in [-0.05, 0) is 54.3 Å². The van der Waals surface area contributed by atoms with Crippen LogP contribution in [0.3, 0.4) is 0 Å². The number of aliphatic carboxylic acids is 1. The summed E-state index contributed by atoms with van der Waals surface area (Å²) in [5, 5.41) is 14.0. The molecular weight excluding hydrogens is 499 g/mol. The van der Waals surface area contributed by atoms with Crippen LogP contribution in [0.4, 0.5) is 15.2 Å². The number of anilines is 2. The molecule has 8 heteroatoms. The molecule has 184 valence electrons. The van der Waals surface area contributed by atoms with Gasteiger partial charge in [0.2, 0.25) is 0 Å². The summed E-state index contributed by atoms with van der Waals surface area (Å²) in [4.78, 5) is 29.3. The smallest absolute Gasteiger partial charge is 0.310 e. The fourth-order valence-corrected chi connectivity index (χ4v) is 5.97. The SMILES string of the molecule is O=C(CC1(C(=O)O)CCCCC1)c1ccc(-c2ccc(Nc3nc4ccc(Cl)cc4s3)c(F)c2)cc1. The number of fused-ring (bicyclic) bond motifs is 1. The Morgan fingerprint density at radius 2 is 1.72 bits per heavy atom. The van der Waals surface area contributed by atoms with Gasteiger partial charge >= 0.3 is 5.97 Å². The third kappa shape index (κ3) is 4.99. The molecule has 36 heavy (non-hydrogen) atoms. The number of nitrogens with zero attached hydrogens (tertiary/aromatic N) is 1. The normalized spacial score (nSPS) is 15.1. The first-order valence-corrected chi connectivity index (χ1v) is 13.0. The van der Waals surface area contributed by atoms with E-state index in [1.165, 1.54) is 17.4 Å². The lowest BCUT2D eigenvalue weighted by Gasteiger charge is -2.32. The molecule has 4 aromatic rings. The number of carboxylic acid groups (broad SMARTS) is 1. The van der Waals surface area contributed by atoms with Crippen molar-refractivity contribution < 1.29 is 19.1 Å². The number of hydrogen-bond acceptors (Lipinski definition) is 5. The number of rotatable bonds is 7. The Labute approximate surface area is 217 Å². The highest BCUT2D eigenvalue weighted by molar-refractivity contribution is 7.22. The first-order chi connectivity index (χ1) is 17.3. The lowest BCUT2D eigenvalue weighted by Crippen LogP contribution is -2.35. The first-order valence-electron chi connectivity index (χ1n) is 11.8. The van der Waals surface area contributed by atoms with Crippen LogP contribution in [0.5, 0.6) is 0 Å². The van der Waals surface area contributed by atoms with Crippen molar-refractivity contribution in [1.29, 1.82) is 0 Å². The van der Waals surface area contributed by atoms with Crippen LogP contribution in [0.25, 0.3) is 21.3 Å². The van der Waals surface area contributed by atoms with Crippen LogP contribution in [0.1, 0.15) is 48.9 Å². The molecule has 0 radical (unpaired) electrons. The number of carboxylic acids is 1. The topological polar surface area (TPSA) is 79.3 Å². The van der Waals surface area contributed by atoms with E-state index >= 15 is 0 Å². The number of carbonyl (C=O) groups is 2. The predicted molar refractivity (Wildman–Crippen MR) is 142 cm³/mol. The number of carbonyl (C=O) groups excluding carboxylic acids is 1. The molecule has 1 fully saturated rings. The predicted octanol–water partition coefficient (Wildman–Crippen LogP) is 8.11. The van der Waals surface area contributed by atoms with Gasteiger partial charge in [-0.2, -0.15) is 0 Å². The molecule has 1 aliphatic carbocycles. The average molecular weight is 523 g/mol. The van der Waals surface area contributed by atoms with Crippen LogP contribution in [0, 0.1) is 11.2 Å². The van der Waals surface area contributed by atoms with Crippen molar-refractivity contribution in [2.24, 2.45) is 5.41 Å². The highest BCUT2D eigenvalue weighted by Gasteiger charge is 2.41. The highest BCUT2D eigenvalue weighted by Crippen LogP contribution is 2.40. The Balaban J connectivity index is 1.30. The fraction of sp³-hybridized carbons (Fsp3) is 0.250. The van der Waals surface area contributed by atoms with E-state index in [2.05, 4.69) is 10.3 Å². The monoisotopic (exact) mass is 522 g/mol. The van der Waals surface area contributed by atoms with Crippen LogP contribution in [0.2, 0.25) is 5.02 Å². The number of nitrogens with one attached hydrogen (secondary N) is 1. The Bertz CT molecular complexity index is 1450. The minimum Gasteiger partial charge on any atom is -0.481 e. The lowest BCUT2D eigenvalue weighted by atomic mass is 9.70. The van der Waals surface area contributed by atoms with E-state index in [1.807, 2.05) is 12.1 Å². The zero-order valence-corrected chi connectivity index (χ0v) is 21.0. The quantitative estimate of drug-likeness (QED) is 0.240. The van der Waals surface area contributed by atoms with Crippen molar-refractivity contribution >= 4 is 55.7 Å². The third-order valence-electron chi connectivity index (χ3n) is 6.86. The molecule has 0 atom stereocenters. The van der Waals surface area contributed by atoms with Gasteiger partial charge in [0.25, 0.3) is 0 Å². The molecule has 0 aliphatic heterocycles. The molecule has 0 saturated heterocycles. The Hall–Kier alpha value is -3.29. The Morgan fingerprint density at radius 3 is 2.42 bits per heavy atom. The van der Waals surface area contributed by atoms with Crippen LogP contribution in [-0.2, 0) is 4.79 Å². The van der Waals surface area contributed by atoms with E-state index < -0.39 is 17.2 Å². The first kappa shape index (κ1) is 24.4. The molecule has 2 N–H and O–H groups in total. The minimum absolute atomic E-state index is 0.00858. The van der Waals surface area contributed by atoms with Crippen LogP contribution in [0.15, 0.2) is 60.7 Å². The number of hydrogen-bond donors (Lipinski definition) is 2. The van der Waals surface area contributed by atoms with E-state index in [1.54, 1.807) is 42.5 Å². The van der Waals surface area contributed by atoms with E-state index in [9.17, 15) is 19.1 Å². The third-order valence-corrected chi connectivity index (χ3v) is 8.03. The molecule has 3 aromatic carbocycles. The summed E-state index contributed by atoms with van der Waals surface area (Å²) in [5.41, 5.74) is 2.04. The van der Waals surface area contributed by atoms with Crippen molar-refractivity contribution in [3.8, 4) is 11.1 Å². The zero-order valence-electron chi connectivity index (χ0n) is 19.4. The van der Waals surface area contributed by atoms with Gasteiger partial charge in [-0.1, -0.05) is 72.5 Å². The largest absolute Gasteiger partial charge is 0.481 e. The summed E-state index contributed by atoms with van der Waals surface area (Å²) in [7, 11) is 0. The van der Waals surface area contributed by atoms with Gasteiger partial charge in [0.1, 0.15) is 5.82 Å². The number of ketones is 1. The van der Waals surface area contributed by atoms with E-state index in [0.717, 1.165) is 35.0 Å². The number of aromatic nitrogens is 1. The van der Waals surface area contributed by atoms with Gasteiger partial charge in [-0.3, -0.25) is 9.59 Å². The molecule has 0 amide bonds. The van der Waals surface area contributed by atoms with Gasteiger partial charge in [-0.15, -0.1) is 0 Å². The molecule has 0 spiro atoms. The van der Waals surface area contributed by atoms with Crippen molar-refractivity contribution in [3.05, 3.63) is 77.1 Å². The van der Waals surface area contributed by atoms with Crippen LogP contribution in [-0.4, -0.2) is 21.8 Å². The molecule has 0 unspecified atom stereocenters. The zero-order chi connectivity index (χ0) is 25.3. The molecule has 1 aromatic heterocycles. The highest BCUT2D eigenvalue weighted by atomic mass is 35.5. The number of halogens is 2. The molecular formula is C28H24ClFN2O3S. The number of Topliss-reactive ketones (excluding diaryl/α,β-unsaturated/α-hetero) is 1. The van der Waals surface area contributed by atoms with Crippen LogP contribution < -0.4 is 5.32 Å². The van der Waals surface area contributed by atoms with Gasteiger partial charge in [-0.25, -0.2) is 9.37 Å². The van der Waals surface area contributed by atoms with Crippen molar-refractivity contribution in [2.75, 3.05) is 5.32 Å². The molecule has 1 saturated carbocycles. The van der Waals surface area contributed by atoms with E-state index in [4.69, 9.17) is 11.6 Å². The molecule has 5 nitrogen and oxygen atoms in total. The maximum absolute atomic E-state index is 14.9. The van der Waals surface area contributed by atoms with E-state index in [-0.39, 0.29) is 12.2 Å². The molecule has 5 rings (SSSR count). The summed E-state index contributed by atoms with van der Waals surface area (Å²) < 4.78 is 15.8. The minimum atomic E-state index is -0.963. The van der Waals surface area contributed by atoms with Crippen molar-refractivity contribution in [2.45, 2.75) is 38.5 Å². The Kier molecular flexibility index (Phi) is 6.77. The average Bonchev–Trinajstić information content (AvgIpc) is 3.27. The maximum Gasteiger partial charge on any atom is 0.310 e. The van der Waals surface area contributed by atoms with Gasteiger partial charge in [0.05, 0.1) is 21.3 Å². The summed E-state index contributed by atoms with van der Waals surface area (Å²) in [6.45, 7) is 0. The second kappa shape index (κ2) is 9.99. The van der Waals surface area contributed by atoms with Crippen molar-refractivity contribution in [3.63, 3.8) is 0 Å². The second-order valence-electron chi connectivity index (χ2n) is 9.27. The number of thiazole rings is 1.